The summed E-state index contributed by atoms with van der Waals surface area (Å²) in [4.78, 5) is 9.89. The normalized spacial score (nSPS) is 20.6. The van der Waals surface area contributed by atoms with E-state index in [0.717, 1.165) is 17.4 Å². The van der Waals surface area contributed by atoms with Gasteiger partial charge in [0.1, 0.15) is 5.82 Å². The topological polar surface area (TPSA) is 40.7 Å². The van der Waals surface area contributed by atoms with E-state index < -0.39 is 0 Å². The highest BCUT2D eigenvalue weighted by atomic mass is 32.2. The first-order valence-electron chi connectivity index (χ1n) is 10.8. The van der Waals surface area contributed by atoms with Crippen LogP contribution < -0.4 is 5.32 Å². The van der Waals surface area contributed by atoms with Gasteiger partial charge in [-0.2, -0.15) is 0 Å². The predicted molar refractivity (Wildman–Crippen MR) is 115 cm³/mol. The van der Waals surface area contributed by atoms with Crippen LogP contribution in [0.15, 0.2) is 35.4 Å². The molecule has 0 spiro atoms. The molecule has 2 aliphatic rings. The Bertz CT molecular complexity index is 697. The number of nitrogens with zero attached hydrogens (tertiary/aromatic N) is 1. The molecular formula is C23H33N3S. The fraction of sp³-hybridized carbons (Fsp3) is 0.609. The molecular weight excluding hydrogens is 350 g/mol. The molecule has 1 atom stereocenters. The smallest absolute Gasteiger partial charge is 0.124 e. The molecule has 0 amide bonds. The summed E-state index contributed by atoms with van der Waals surface area (Å²) in [7, 11) is 0. The van der Waals surface area contributed by atoms with E-state index in [4.69, 9.17) is 4.98 Å². The van der Waals surface area contributed by atoms with Crippen molar-refractivity contribution in [1.82, 2.24) is 15.3 Å². The maximum Gasteiger partial charge on any atom is 0.124 e. The van der Waals surface area contributed by atoms with Gasteiger partial charge in [0, 0.05) is 22.7 Å². The maximum absolute atomic E-state index is 5.05. The monoisotopic (exact) mass is 383 g/mol. The van der Waals surface area contributed by atoms with Crippen LogP contribution in [0.25, 0.3) is 11.3 Å². The van der Waals surface area contributed by atoms with E-state index >= 15 is 0 Å². The number of nitrogens with one attached hydrogen (secondary N) is 2. The molecule has 4 heteroatoms. The van der Waals surface area contributed by atoms with Crippen LogP contribution >= 0.6 is 11.8 Å². The van der Waals surface area contributed by atoms with Crippen molar-refractivity contribution in [2.24, 2.45) is 5.92 Å². The van der Waals surface area contributed by atoms with Crippen LogP contribution in [0.5, 0.6) is 0 Å². The van der Waals surface area contributed by atoms with Crippen molar-refractivity contribution in [3.63, 3.8) is 0 Å². The molecule has 0 unspecified atom stereocenters. The second-order valence-corrected chi connectivity index (χ2v) is 9.16. The molecule has 3 nitrogen and oxygen atoms in total. The molecule has 1 heterocycles. The Morgan fingerprint density at radius 3 is 2.30 bits per heavy atom. The lowest BCUT2D eigenvalue weighted by atomic mass is 9.82. The first-order valence-corrected chi connectivity index (χ1v) is 12.0. The van der Waals surface area contributed by atoms with E-state index in [1.54, 1.807) is 11.8 Å². The van der Waals surface area contributed by atoms with E-state index in [9.17, 15) is 0 Å². The third kappa shape index (κ3) is 4.78. The fourth-order valence-corrected chi connectivity index (χ4v) is 5.24. The zero-order valence-corrected chi connectivity index (χ0v) is 17.4. The number of benzene rings is 1. The zero-order valence-electron chi connectivity index (χ0n) is 16.5. The average molecular weight is 384 g/mol. The van der Waals surface area contributed by atoms with Crippen molar-refractivity contribution in [3.8, 4) is 11.3 Å². The number of hydrogen-bond acceptors (Lipinski definition) is 3. The summed E-state index contributed by atoms with van der Waals surface area (Å²) >= 11 is 1.78. The SMILES string of the molecule is CSc1ccc(-c2c[nH]c([C@@H](NC3CCCCC3)C3CCCCC3)n2)cc1. The van der Waals surface area contributed by atoms with Gasteiger partial charge in [-0.05, 0) is 50.0 Å². The Hall–Kier alpha value is -1.26. The van der Waals surface area contributed by atoms with Crippen LogP contribution in [0.1, 0.15) is 76.1 Å². The lowest BCUT2D eigenvalue weighted by molar-refractivity contribution is 0.227. The Balaban J connectivity index is 1.54. The second kappa shape index (κ2) is 9.29. The highest BCUT2D eigenvalue weighted by molar-refractivity contribution is 7.98. The minimum atomic E-state index is 0.382. The van der Waals surface area contributed by atoms with Crippen LogP contribution in [0.4, 0.5) is 0 Å². The third-order valence-electron chi connectivity index (χ3n) is 6.42. The lowest BCUT2D eigenvalue weighted by Gasteiger charge is -2.34. The summed E-state index contributed by atoms with van der Waals surface area (Å²) in [6.45, 7) is 0. The van der Waals surface area contributed by atoms with E-state index in [2.05, 4.69) is 47.0 Å². The van der Waals surface area contributed by atoms with E-state index in [1.165, 1.54) is 74.7 Å². The molecule has 0 saturated heterocycles. The van der Waals surface area contributed by atoms with Gasteiger partial charge in [0.15, 0.2) is 0 Å². The molecule has 0 aliphatic heterocycles. The fourth-order valence-electron chi connectivity index (χ4n) is 4.83. The summed E-state index contributed by atoms with van der Waals surface area (Å²) in [6, 6.07) is 9.81. The zero-order chi connectivity index (χ0) is 18.5. The van der Waals surface area contributed by atoms with Gasteiger partial charge in [0.2, 0.25) is 0 Å². The number of aromatic nitrogens is 2. The third-order valence-corrected chi connectivity index (χ3v) is 7.16. The Morgan fingerprint density at radius 2 is 1.63 bits per heavy atom. The molecule has 0 radical (unpaired) electrons. The van der Waals surface area contributed by atoms with E-state index in [-0.39, 0.29) is 0 Å². The quantitative estimate of drug-likeness (QED) is 0.572. The molecule has 4 rings (SSSR count). The standard InChI is InChI=1S/C23H33N3S/c1-27-20-14-12-17(13-15-20)21-16-24-23(26-21)22(18-8-4-2-5-9-18)25-19-10-6-3-7-11-19/h12-16,18-19,22,25H,2-11H2,1H3,(H,24,26)/t22-/m0/s1. The van der Waals surface area contributed by atoms with Crippen LogP contribution in [0.2, 0.25) is 0 Å². The summed E-state index contributed by atoms with van der Waals surface area (Å²) in [5.74, 6) is 1.87. The summed E-state index contributed by atoms with van der Waals surface area (Å²) in [6.07, 6.45) is 17.8. The lowest BCUT2D eigenvalue weighted by Crippen LogP contribution is -2.39. The summed E-state index contributed by atoms with van der Waals surface area (Å²) in [5.41, 5.74) is 2.28. The van der Waals surface area contributed by atoms with Crippen LogP contribution in [0.3, 0.4) is 0 Å². The molecule has 2 aliphatic carbocycles. The van der Waals surface area contributed by atoms with Gasteiger partial charge in [-0.3, -0.25) is 0 Å². The molecule has 1 aromatic heterocycles. The van der Waals surface area contributed by atoms with Crippen LogP contribution in [0, 0.1) is 5.92 Å². The van der Waals surface area contributed by atoms with Gasteiger partial charge in [0.05, 0.1) is 11.7 Å². The number of thioether (sulfide) groups is 1. The number of H-pyrrole nitrogens is 1. The van der Waals surface area contributed by atoms with Crippen molar-refractivity contribution < 1.29 is 0 Å². The number of aromatic amines is 1. The molecule has 1 aromatic carbocycles. The van der Waals surface area contributed by atoms with Crippen molar-refractivity contribution >= 4 is 11.8 Å². The van der Waals surface area contributed by atoms with Crippen molar-refractivity contribution in [3.05, 3.63) is 36.3 Å². The number of rotatable bonds is 6. The van der Waals surface area contributed by atoms with Crippen LogP contribution in [-0.2, 0) is 0 Å². The molecule has 2 N–H and O–H groups in total. The molecule has 27 heavy (non-hydrogen) atoms. The minimum absolute atomic E-state index is 0.382. The molecule has 2 fully saturated rings. The van der Waals surface area contributed by atoms with Crippen molar-refractivity contribution in [2.75, 3.05) is 6.26 Å². The average Bonchev–Trinajstić information content (AvgIpc) is 3.23. The summed E-state index contributed by atoms with van der Waals surface area (Å²) < 4.78 is 0. The first-order chi connectivity index (χ1) is 13.3. The minimum Gasteiger partial charge on any atom is -0.347 e. The van der Waals surface area contributed by atoms with Gasteiger partial charge in [-0.1, -0.05) is 50.7 Å². The molecule has 0 bridgehead atoms. The predicted octanol–water partition coefficient (Wildman–Crippen LogP) is 6.34. The molecule has 2 saturated carbocycles. The highest BCUT2D eigenvalue weighted by Crippen LogP contribution is 2.35. The Kier molecular flexibility index (Phi) is 6.56. The molecule has 2 aromatic rings. The van der Waals surface area contributed by atoms with Gasteiger partial charge < -0.3 is 10.3 Å². The van der Waals surface area contributed by atoms with E-state index in [1.807, 2.05) is 0 Å². The Labute approximate surface area is 168 Å². The van der Waals surface area contributed by atoms with E-state index in [0.29, 0.717) is 12.1 Å². The maximum atomic E-state index is 5.05. The van der Waals surface area contributed by atoms with Gasteiger partial charge in [-0.25, -0.2) is 4.98 Å². The summed E-state index contributed by atoms with van der Waals surface area (Å²) in [5, 5.41) is 4.03. The number of hydrogen-bond donors (Lipinski definition) is 2. The first kappa shape index (κ1) is 19.1. The van der Waals surface area contributed by atoms with Gasteiger partial charge >= 0.3 is 0 Å². The van der Waals surface area contributed by atoms with Crippen LogP contribution in [-0.4, -0.2) is 22.3 Å². The van der Waals surface area contributed by atoms with Crippen molar-refractivity contribution in [1.29, 1.82) is 0 Å². The van der Waals surface area contributed by atoms with Crippen molar-refractivity contribution in [2.45, 2.75) is 81.2 Å². The molecule has 146 valence electrons. The Morgan fingerprint density at radius 1 is 0.963 bits per heavy atom. The number of imidazole rings is 1. The largest absolute Gasteiger partial charge is 0.347 e. The van der Waals surface area contributed by atoms with Gasteiger partial charge in [0.25, 0.3) is 0 Å². The van der Waals surface area contributed by atoms with Gasteiger partial charge in [-0.15, -0.1) is 11.8 Å². The second-order valence-electron chi connectivity index (χ2n) is 8.28. The highest BCUT2D eigenvalue weighted by Gasteiger charge is 2.29.